The third-order valence-corrected chi connectivity index (χ3v) is 3.63. The van der Waals surface area contributed by atoms with Crippen molar-refractivity contribution in [3.05, 3.63) is 84.2 Å². The molecule has 0 radical (unpaired) electrons. The normalized spacial score (nSPS) is 10.2. The summed E-state index contributed by atoms with van der Waals surface area (Å²) in [6.07, 6.45) is 2.38. The van der Waals surface area contributed by atoms with Crippen LogP contribution in [0.3, 0.4) is 0 Å². The number of hydrogen-bond acceptors (Lipinski definition) is 5. The molecular weight excluding hydrogens is 346 g/mol. The van der Waals surface area contributed by atoms with E-state index in [0.29, 0.717) is 5.69 Å². The van der Waals surface area contributed by atoms with E-state index in [-0.39, 0.29) is 19.8 Å². The van der Waals surface area contributed by atoms with Crippen LogP contribution >= 0.6 is 0 Å². The van der Waals surface area contributed by atoms with Gasteiger partial charge in [-0.1, -0.05) is 60.7 Å². The summed E-state index contributed by atoms with van der Waals surface area (Å²) in [7, 11) is 0. The smallest absolute Gasteiger partial charge is 0.412 e. The lowest BCUT2D eigenvalue weighted by Crippen LogP contribution is -2.14. The Labute approximate surface area is 156 Å². The quantitative estimate of drug-likeness (QED) is 0.649. The van der Waals surface area contributed by atoms with Gasteiger partial charge in [-0.05, 0) is 11.1 Å². The summed E-state index contributed by atoms with van der Waals surface area (Å²) in [5.74, 6) is -0.417. The molecule has 0 aliphatic heterocycles. The fraction of sp³-hybridized carbons (Fsp3) is 0.150. The number of carbonyl (C=O) groups is 2. The van der Waals surface area contributed by atoms with Crippen LogP contribution in [-0.4, -0.2) is 21.8 Å². The number of nitrogens with one attached hydrogen (secondary N) is 1. The first kappa shape index (κ1) is 18.2. The standard InChI is InChI=1S/C20H19N3O4/c24-19(26-14-16-7-3-1-4-8-16)13-23-12-18(11-21-23)22-20(25)27-15-17-9-5-2-6-10-17/h1-12H,13-15H2,(H,22,25). The molecule has 1 aromatic heterocycles. The van der Waals surface area contributed by atoms with E-state index in [1.807, 2.05) is 60.7 Å². The fourth-order valence-electron chi connectivity index (χ4n) is 2.31. The third-order valence-electron chi connectivity index (χ3n) is 3.63. The zero-order chi connectivity index (χ0) is 18.9. The van der Waals surface area contributed by atoms with Crippen LogP contribution < -0.4 is 5.32 Å². The number of hydrogen-bond donors (Lipinski definition) is 1. The largest absolute Gasteiger partial charge is 0.459 e. The predicted molar refractivity (Wildman–Crippen MR) is 98.7 cm³/mol. The Kier molecular flexibility index (Phi) is 6.19. The summed E-state index contributed by atoms with van der Waals surface area (Å²) in [4.78, 5) is 23.7. The summed E-state index contributed by atoms with van der Waals surface area (Å²) in [6.45, 7) is 0.331. The molecule has 7 heteroatoms. The second kappa shape index (κ2) is 9.19. The molecule has 7 nitrogen and oxygen atoms in total. The van der Waals surface area contributed by atoms with Gasteiger partial charge in [-0.3, -0.25) is 14.8 Å². The Balaban J connectivity index is 1.42. The highest BCUT2D eigenvalue weighted by atomic mass is 16.5. The lowest BCUT2D eigenvalue weighted by atomic mass is 10.2. The molecule has 1 N–H and O–H groups in total. The van der Waals surface area contributed by atoms with Gasteiger partial charge in [-0.2, -0.15) is 5.10 Å². The second-order valence-corrected chi connectivity index (χ2v) is 5.76. The van der Waals surface area contributed by atoms with Crippen LogP contribution in [0, 0.1) is 0 Å². The van der Waals surface area contributed by atoms with E-state index in [1.165, 1.54) is 17.1 Å². The van der Waals surface area contributed by atoms with Gasteiger partial charge in [0.1, 0.15) is 19.8 Å². The lowest BCUT2D eigenvalue weighted by Gasteiger charge is -2.06. The molecule has 3 rings (SSSR count). The zero-order valence-electron chi connectivity index (χ0n) is 14.6. The van der Waals surface area contributed by atoms with Crippen molar-refractivity contribution in [2.75, 3.05) is 5.32 Å². The molecule has 0 spiro atoms. The minimum Gasteiger partial charge on any atom is -0.459 e. The fourth-order valence-corrected chi connectivity index (χ4v) is 2.31. The van der Waals surface area contributed by atoms with Crippen LogP contribution in [0.4, 0.5) is 10.5 Å². The van der Waals surface area contributed by atoms with Crippen LogP contribution in [0.25, 0.3) is 0 Å². The molecule has 138 valence electrons. The zero-order valence-corrected chi connectivity index (χ0v) is 14.6. The summed E-state index contributed by atoms with van der Waals surface area (Å²) in [6, 6.07) is 18.8. The molecule has 0 fully saturated rings. The first-order chi connectivity index (χ1) is 13.2. The monoisotopic (exact) mass is 365 g/mol. The highest BCUT2D eigenvalue weighted by molar-refractivity contribution is 5.84. The number of carbonyl (C=O) groups excluding carboxylic acids is 2. The molecule has 2 aromatic carbocycles. The maximum atomic E-state index is 11.9. The molecule has 1 heterocycles. The number of benzene rings is 2. The minimum absolute atomic E-state index is 0.0480. The van der Waals surface area contributed by atoms with E-state index < -0.39 is 12.1 Å². The van der Waals surface area contributed by atoms with Gasteiger partial charge in [0.25, 0.3) is 0 Å². The highest BCUT2D eigenvalue weighted by Crippen LogP contribution is 2.08. The SMILES string of the molecule is O=C(Cn1cc(NC(=O)OCc2ccccc2)cn1)OCc1ccccc1. The van der Waals surface area contributed by atoms with Crippen molar-refractivity contribution in [3.63, 3.8) is 0 Å². The Morgan fingerprint density at radius 1 is 0.889 bits per heavy atom. The molecule has 0 unspecified atom stereocenters. The molecule has 1 amide bonds. The van der Waals surface area contributed by atoms with Gasteiger partial charge in [0, 0.05) is 6.20 Å². The van der Waals surface area contributed by atoms with E-state index in [0.717, 1.165) is 11.1 Å². The van der Waals surface area contributed by atoms with Crippen molar-refractivity contribution in [2.24, 2.45) is 0 Å². The first-order valence-electron chi connectivity index (χ1n) is 8.39. The van der Waals surface area contributed by atoms with Gasteiger partial charge >= 0.3 is 12.1 Å². The predicted octanol–water partition coefficient (Wildman–Crippen LogP) is 3.38. The summed E-state index contributed by atoms with van der Waals surface area (Å²) in [5, 5.41) is 6.60. The molecule has 27 heavy (non-hydrogen) atoms. The van der Waals surface area contributed by atoms with Gasteiger partial charge in [0.15, 0.2) is 0 Å². The van der Waals surface area contributed by atoms with Crippen molar-refractivity contribution in [3.8, 4) is 0 Å². The van der Waals surface area contributed by atoms with Crippen LogP contribution in [-0.2, 0) is 34.0 Å². The van der Waals surface area contributed by atoms with Crippen molar-refractivity contribution < 1.29 is 19.1 Å². The van der Waals surface area contributed by atoms with E-state index >= 15 is 0 Å². The number of rotatable bonds is 7. The summed E-state index contributed by atoms with van der Waals surface area (Å²) >= 11 is 0. The first-order valence-corrected chi connectivity index (χ1v) is 8.39. The third kappa shape index (κ3) is 6.00. The van der Waals surface area contributed by atoms with Crippen molar-refractivity contribution in [1.82, 2.24) is 9.78 Å². The molecule has 0 atom stereocenters. The lowest BCUT2D eigenvalue weighted by molar-refractivity contribution is -0.145. The maximum absolute atomic E-state index is 11.9. The number of nitrogens with zero attached hydrogens (tertiary/aromatic N) is 2. The van der Waals surface area contributed by atoms with Gasteiger partial charge in [0.2, 0.25) is 0 Å². The topological polar surface area (TPSA) is 82.5 Å². The Morgan fingerprint density at radius 2 is 1.48 bits per heavy atom. The average molecular weight is 365 g/mol. The molecule has 0 saturated heterocycles. The molecular formula is C20H19N3O4. The highest BCUT2D eigenvalue weighted by Gasteiger charge is 2.09. The Hall–Kier alpha value is -3.61. The van der Waals surface area contributed by atoms with Crippen LogP contribution in [0.5, 0.6) is 0 Å². The minimum atomic E-state index is -0.593. The summed E-state index contributed by atoms with van der Waals surface area (Å²) < 4.78 is 11.7. The van der Waals surface area contributed by atoms with Crippen molar-refractivity contribution in [1.29, 1.82) is 0 Å². The van der Waals surface area contributed by atoms with Crippen LogP contribution in [0.15, 0.2) is 73.1 Å². The van der Waals surface area contributed by atoms with Gasteiger partial charge < -0.3 is 9.47 Å². The van der Waals surface area contributed by atoms with Crippen LogP contribution in [0.1, 0.15) is 11.1 Å². The Bertz CT molecular complexity index is 807. The molecule has 0 bridgehead atoms. The maximum Gasteiger partial charge on any atom is 0.412 e. The molecule has 0 aliphatic carbocycles. The van der Waals surface area contributed by atoms with Crippen LogP contribution in [0.2, 0.25) is 0 Å². The molecule has 0 saturated carbocycles. The number of aromatic nitrogens is 2. The molecule has 0 aliphatic rings. The number of esters is 1. The van der Waals surface area contributed by atoms with Gasteiger partial charge in [-0.15, -0.1) is 0 Å². The Morgan fingerprint density at radius 3 is 2.11 bits per heavy atom. The molecule has 3 aromatic rings. The van der Waals surface area contributed by atoms with E-state index in [4.69, 9.17) is 9.47 Å². The van der Waals surface area contributed by atoms with Gasteiger partial charge in [0.05, 0.1) is 11.9 Å². The number of amides is 1. The number of ether oxygens (including phenoxy) is 2. The van der Waals surface area contributed by atoms with E-state index in [2.05, 4.69) is 10.4 Å². The van der Waals surface area contributed by atoms with Crippen molar-refractivity contribution in [2.45, 2.75) is 19.8 Å². The van der Waals surface area contributed by atoms with Crippen molar-refractivity contribution >= 4 is 17.7 Å². The van der Waals surface area contributed by atoms with E-state index in [1.54, 1.807) is 0 Å². The van der Waals surface area contributed by atoms with Gasteiger partial charge in [-0.25, -0.2) is 4.79 Å². The average Bonchev–Trinajstić information content (AvgIpc) is 3.13. The second-order valence-electron chi connectivity index (χ2n) is 5.76. The number of anilines is 1. The van der Waals surface area contributed by atoms with E-state index in [9.17, 15) is 9.59 Å². The summed E-state index contributed by atoms with van der Waals surface area (Å²) in [5.41, 5.74) is 2.24.